The molecule has 1 aromatic heterocycles. The Morgan fingerprint density at radius 1 is 1.00 bits per heavy atom. The van der Waals surface area contributed by atoms with Gasteiger partial charge in [0.05, 0.1) is 23.4 Å². The Hall–Kier alpha value is -4.22. The second-order valence-corrected chi connectivity index (χ2v) is 11.2. The molecule has 1 saturated carbocycles. The normalized spacial score (nSPS) is 22.1. The van der Waals surface area contributed by atoms with Crippen molar-refractivity contribution in [1.82, 2.24) is 24.9 Å². The van der Waals surface area contributed by atoms with E-state index in [1.807, 2.05) is 10.9 Å². The number of aromatic nitrogens is 2. The number of piperidine rings is 2. The van der Waals surface area contributed by atoms with E-state index in [0.717, 1.165) is 49.0 Å². The second kappa shape index (κ2) is 11.3. The quantitative estimate of drug-likeness (QED) is 0.512. The van der Waals surface area contributed by atoms with Crippen LogP contribution >= 0.6 is 0 Å². The number of imide groups is 2. The molecule has 3 fully saturated rings. The van der Waals surface area contributed by atoms with Gasteiger partial charge in [0.2, 0.25) is 11.8 Å². The van der Waals surface area contributed by atoms with Gasteiger partial charge in [0, 0.05) is 43.5 Å². The lowest BCUT2D eigenvalue weighted by molar-refractivity contribution is -0.136. The highest BCUT2D eigenvalue weighted by atomic mass is 16.6. The molecule has 4 aliphatic rings. The number of ether oxygens (including phenoxy) is 1. The molecule has 2 aromatic rings. The van der Waals surface area contributed by atoms with E-state index in [4.69, 9.17) is 4.74 Å². The number of hydrogen-bond acceptors (Lipinski definition) is 8. The van der Waals surface area contributed by atoms with Crippen LogP contribution in [0.15, 0.2) is 30.6 Å². The summed E-state index contributed by atoms with van der Waals surface area (Å²) in [5.74, 6) is -2.13. The number of nitrogens with one attached hydrogen (secondary N) is 2. The number of anilines is 1. The summed E-state index contributed by atoms with van der Waals surface area (Å²) in [6, 6.07) is 4.15. The number of nitrogens with zero attached hydrogens (tertiary/aromatic N) is 4. The first-order valence-electron chi connectivity index (χ1n) is 14.5. The van der Waals surface area contributed by atoms with Gasteiger partial charge in [0.1, 0.15) is 12.1 Å². The summed E-state index contributed by atoms with van der Waals surface area (Å²) in [5.41, 5.74) is 1.85. The number of likely N-dealkylation sites (tertiary alicyclic amines) is 1. The zero-order valence-electron chi connectivity index (χ0n) is 22.8. The van der Waals surface area contributed by atoms with Crippen LogP contribution in [0.3, 0.4) is 0 Å². The van der Waals surface area contributed by atoms with E-state index < -0.39 is 29.7 Å². The van der Waals surface area contributed by atoms with Crippen molar-refractivity contribution >= 4 is 35.4 Å². The molecule has 12 nitrogen and oxygen atoms in total. The molecule has 216 valence electrons. The molecular formula is C29H34N6O6. The largest absolute Gasteiger partial charge is 0.446 e. The number of rotatable bonds is 6. The SMILES string of the molecule is O=C1CCC(N2C(=O)c3cccc(NCc4cnn(C5CCN(C(=O)OC6CCCCC6)CC5)c4)c3C2=O)C(=O)N1. The van der Waals surface area contributed by atoms with Gasteiger partial charge in [-0.05, 0) is 57.1 Å². The number of carbonyl (C=O) groups is 5. The van der Waals surface area contributed by atoms with Crippen LogP contribution in [-0.4, -0.2) is 74.5 Å². The van der Waals surface area contributed by atoms with Crippen molar-refractivity contribution in [2.45, 2.75) is 82.5 Å². The van der Waals surface area contributed by atoms with Crippen LogP contribution < -0.4 is 10.6 Å². The lowest BCUT2D eigenvalue weighted by atomic mass is 9.98. The van der Waals surface area contributed by atoms with Gasteiger partial charge in [-0.1, -0.05) is 12.5 Å². The highest BCUT2D eigenvalue weighted by Crippen LogP contribution is 2.33. The highest BCUT2D eigenvalue weighted by Gasteiger charge is 2.45. The predicted molar refractivity (Wildman–Crippen MR) is 146 cm³/mol. The summed E-state index contributed by atoms with van der Waals surface area (Å²) in [6.07, 6.45) is 10.7. The minimum Gasteiger partial charge on any atom is -0.446 e. The van der Waals surface area contributed by atoms with E-state index in [0.29, 0.717) is 25.3 Å². The first-order valence-corrected chi connectivity index (χ1v) is 14.5. The highest BCUT2D eigenvalue weighted by molar-refractivity contribution is 6.25. The Balaban J connectivity index is 1.05. The van der Waals surface area contributed by atoms with Gasteiger partial charge in [-0.3, -0.25) is 34.1 Å². The minimum absolute atomic E-state index is 0.0508. The van der Waals surface area contributed by atoms with E-state index in [1.54, 1.807) is 29.3 Å². The third-order valence-electron chi connectivity index (χ3n) is 8.52. The fourth-order valence-electron chi connectivity index (χ4n) is 6.24. The molecule has 1 atom stereocenters. The van der Waals surface area contributed by atoms with Gasteiger partial charge in [-0.25, -0.2) is 4.79 Å². The van der Waals surface area contributed by atoms with Crippen LogP contribution in [0.1, 0.15) is 90.1 Å². The van der Waals surface area contributed by atoms with Gasteiger partial charge < -0.3 is 15.0 Å². The average molecular weight is 563 g/mol. The smallest absolute Gasteiger partial charge is 0.410 e. The van der Waals surface area contributed by atoms with Crippen molar-refractivity contribution < 1.29 is 28.7 Å². The van der Waals surface area contributed by atoms with Crippen LogP contribution in [0.2, 0.25) is 0 Å². The molecule has 1 unspecified atom stereocenters. The Kier molecular flexibility index (Phi) is 7.46. The third kappa shape index (κ3) is 5.42. The molecule has 0 bridgehead atoms. The molecule has 1 aliphatic carbocycles. The van der Waals surface area contributed by atoms with Crippen LogP contribution in [0, 0.1) is 0 Å². The van der Waals surface area contributed by atoms with Gasteiger partial charge in [-0.2, -0.15) is 5.10 Å². The van der Waals surface area contributed by atoms with Gasteiger partial charge in [0.25, 0.3) is 11.8 Å². The van der Waals surface area contributed by atoms with Gasteiger partial charge in [0.15, 0.2) is 0 Å². The lowest BCUT2D eigenvalue weighted by Crippen LogP contribution is -2.54. The maximum Gasteiger partial charge on any atom is 0.410 e. The first kappa shape index (κ1) is 27.0. The summed E-state index contributed by atoms with van der Waals surface area (Å²) >= 11 is 0. The Labute approximate surface area is 237 Å². The molecule has 3 aliphatic heterocycles. The van der Waals surface area contributed by atoms with E-state index in [-0.39, 0.29) is 42.2 Å². The van der Waals surface area contributed by atoms with E-state index >= 15 is 0 Å². The van der Waals surface area contributed by atoms with E-state index in [1.165, 1.54) is 6.42 Å². The lowest BCUT2D eigenvalue weighted by Gasteiger charge is -2.33. The average Bonchev–Trinajstić information content (AvgIpc) is 3.56. The summed E-state index contributed by atoms with van der Waals surface area (Å²) in [6.45, 7) is 1.63. The number of fused-ring (bicyclic) bond motifs is 1. The second-order valence-electron chi connectivity index (χ2n) is 11.2. The Morgan fingerprint density at radius 2 is 1.78 bits per heavy atom. The standard InChI is InChI=1S/C29H34N6O6/c36-24-10-9-23(26(37)32-24)35-27(38)21-7-4-8-22(25(21)28(35)39)30-15-18-16-31-34(17-18)19-11-13-33(14-12-19)29(40)41-20-5-2-1-3-6-20/h4,7-8,16-17,19-20,23,30H,1-3,5-6,9-15H2,(H,32,36,37). The summed E-state index contributed by atoms with van der Waals surface area (Å²) in [4.78, 5) is 65.6. The summed E-state index contributed by atoms with van der Waals surface area (Å²) in [5, 5.41) is 10.0. The molecule has 12 heteroatoms. The molecule has 41 heavy (non-hydrogen) atoms. The third-order valence-corrected chi connectivity index (χ3v) is 8.52. The molecule has 1 aromatic carbocycles. The number of carbonyl (C=O) groups excluding carboxylic acids is 5. The van der Waals surface area contributed by atoms with E-state index in [9.17, 15) is 24.0 Å². The maximum atomic E-state index is 13.3. The fourth-order valence-corrected chi connectivity index (χ4v) is 6.24. The van der Waals surface area contributed by atoms with Gasteiger partial charge >= 0.3 is 6.09 Å². The van der Waals surface area contributed by atoms with E-state index in [2.05, 4.69) is 15.7 Å². The Bertz CT molecular complexity index is 1370. The maximum absolute atomic E-state index is 13.3. The first-order chi connectivity index (χ1) is 19.9. The summed E-state index contributed by atoms with van der Waals surface area (Å²) < 4.78 is 7.65. The zero-order chi connectivity index (χ0) is 28.5. The molecule has 6 rings (SSSR count). The number of hydrogen-bond donors (Lipinski definition) is 2. The monoisotopic (exact) mass is 562 g/mol. The van der Waals surface area contributed by atoms with Crippen LogP contribution in [-0.2, 0) is 20.9 Å². The number of benzene rings is 1. The zero-order valence-corrected chi connectivity index (χ0v) is 22.8. The molecule has 5 amide bonds. The van der Waals surface area contributed by atoms with Crippen LogP contribution in [0.25, 0.3) is 0 Å². The van der Waals surface area contributed by atoms with Crippen molar-refractivity contribution in [3.63, 3.8) is 0 Å². The Morgan fingerprint density at radius 3 is 2.54 bits per heavy atom. The van der Waals surface area contributed by atoms with Gasteiger partial charge in [-0.15, -0.1) is 0 Å². The molecular weight excluding hydrogens is 528 g/mol. The number of amides is 5. The predicted octanol–water partition coefficient (Wildman–Crippen LogP) is 3.00. The van der Waals surface area contributed by atoms with Crippen molar-refractivity contribution in [3.05, 3.63) is 47.3 Å². The fraction of sp³-hybridized carbons (Fsp3) is 0.517. The van der Waals surface area contributed by atoms with Crippen molar-refractivity contribution in [2.24, 2.45) is 0 Å². The van der Waals surface area contributed by atoms with Crippen LogP contribution in [0.5, 0.6) is 0 Å². The van der Waals surface area contributed by atoms with Crippen molar-refractivity contribution in [2.75, 3.05) is 18.4 Å². The molecule has 2 saturated heterocycles. The topological polar surface area (TPSA) is 143 Å². The van der Waals surface area contributed by atoms with Crippen molar-refractivity contribution in [3.8, 4) is 0 Å². The minimum atomic E-state index is -1.01. The molecule has 0 radical (unpaired) electrons. The van der Waals surface area contributed by atoms with Crippen molar-refractivity contribution in [1.29, 1.82) is 0 Å². The summed E-state index contributed by atoms with van der Waals surface area (Å²) in [7, 11) is 0. The van der Waals surface area contributed by atoms with Crippen LogP contribution in [0.4, 0.5) is 10.5 Å². The molecule has 4 heterocycles. The molecule has 2 N–H and O–H groups in total. The molecule has 0 spiro atoms.